The Hall–Kier alpha value is -6.96. The number of anilines is 3. The van der Waals surface area contributed by atoms with Gasteiger partial charge in [0.1, 0.15) is 0 Å². The molecule has 1 heteroatoms. The van der Waals surface area contributed by atoms with Crippen molar-refractivity contribution < 1.29 is 0 Å². The molecule has 0 aliphatic heterocycles. The molecule has 9 aromatic rings. The van der Waals surface area contributed by atoms with Crippen molar-refractivity contribution in [3.05, 3.63) is 211 Å². The van der Waals surface area contributed by atoms with E-state index in [1.807, 2.05) is 0 Å². The van der Waals surface area contributed by atoms with E-state index in [9.17, 15) is 0 Å². The van der Waals surface area contributed by atoms with E-state index >= 15 is 0 Å². The van der Waals surface area contributed by atoms with Crippen molar-refractivity contribution in [2.24, 2.45) is 0 Å². The summed E-state index contributed by atoms with van der Waals surface area (Å²) < 4.78 is 0. The molecule has 0 saturated heterocycles. The van der Waals surface area contributed by atoms with E-state index in [0.29, 0.717) is 0 Å². The maximum absolute atomic E-state index is 2.46. The van der Waals surface area contributed by atoms with Crippen LogP contribution in [-0.2, 0) is 5.41 Å². The molecule has 0 unspecified atom stereocenters. The highest BCUT2D eigenvalue weighted by Gasteiger charge is 2.37. The van der Waals surface area contributed by atoms with Gasteiger partial charge in [0.15, 0.2) is 0 Å². The lowest BCUT2D eigenvalue weighted by Crippen LogP contribution is -2.16. The Kier molecular flexibility index (Phi) is 7.28. The van der Waals surface area contributed by atoms with Crippen molar-refractivity contribution in [3.63, 3.8) is 0 Å². The van der Waals surface area contributed by atoms with Crippen LogP contribution in [0.4, 0.5) is 17.1 Å². The minimum absolute atomic E-state index is 0.0973. The highest BCUT2D eigenvalue weighted by atomic mass is 15.1. The molecule has 0 spiro atoms. The Morgan fingerprint density at radius 3 is 1.68 bits per heavy atom. The van der Waals surface area contributed by atoms with Crippen molar-refractivity contribution in [2.75, 3.05) is 4.90 Å². The van der Waals surface area contributed by atoms with Gasteiger partial charge < -0.3 is 4.90 Å². The summed E-state index contributed by atoms with van der Waals surface area (Å²) in [7, 11) is 0. The first kappa shape index (κ1) is 32.5. The quantitative estimate of drug-likeness (QED) is 0.166. The molecule has 0 heterocycles. The third-order valence-corrected chi connectivity index (χ3v) is 12.2. The largest absolute Gasteiger partial charge is 0.310 e. The molecule has 2 aliphatic rings. The van der Waals surface area contributed by atoms with Crippen LogP contribution >= 0.6 is 0 Å². The molecule has 0 radical (unpaired) electrons. The van der Waals surface area contributed by atoms with Crippen molar-refractivity contribution >= 4 is 27.8 Å². The molecule has 9 aromatic carbocycles. The fourth-order valence-electron chi connectivity index (χ4n) is 9.46. The molecule has 1 nitrogen and oxygen atoms in total. The SMILES string of the molecule is CC1(C)c2ccccc2-c2c(N(c3ccc(-c4ccccc4)cc3)c3cccc(-c4cccc(-c5ccc6c(c5)-c5cccc7cccc-6c57)c4)c3)cccc21. The van der Waals surface area contributed by atoms with Gasteiger partial charge >= 0.3 is 0 Å². The topological polar surface area (TPSA) is 3.24 Å². The van der Waals surface area contributed by atoms with Gasteiger partial charge in [0, 0.05) is 22.4 Å². The Morgan fingerprint density at radius 2 is 0.893 bits per heavy atom. The summed E-state index contributed by atoms with van der Waals surface area (Å²) in [6, 6.07) is 73.9. The van der Waals surface area contributed by atoms with Gasteiger partial charge in [-0.05, 0) is 126 Å². The number of hydrogen-bond acceptors (Lipinski definition) is 1. The molecule has 0 saturated carbocycles. The summed E-state index contributed by atoms with van der Waals surface area (Å²) in [6.45, 7) is 4.71. The summed E-state index contributed by atoms with van der Waals surface area (Å²) in [5.74, 6) is 0. The van der Waals surface area contributed by atoms with Gasteiger partial charge in [-0.15, -0.1) is 0 Å². The van der Waals surface area contributed by atoms with E-state index < -0.39 is 0 Å². The molecule has 11 rings (SSSR count). The number of hydrogen-bond donors (Lipinski definition) is 0. The average Bonchev–Trinajstić information content (AvgIpc) is 3.71. The fraction of sp³-hybridized carbons (Fsp3) is 0.0545. The predicted molar refractivity (Wildman–Crippen MR) is 237 cm³/mol. The molecule has 0 N–H and O–H groups in total. The number of nitrogens with zero attached hydrogens (tertiary/aromatic N) is 1. The summed E-state index contributed by atoms with van der Waals surface area (Å²) in [5.41, 5.74) is 21.2. The Morgan fingerprint density at radius 1 is 0.339 bits per heavy atom. The molecule has 0 fully saturated rings. The van der Waals surface area contributed by atoms with E-state index in [4.69, 9.17) is 0 Å². The molecule has 264 valence electrons. The lowest BCUT2D eigenvalue weighted by Gasteiger charge is -2.29. The smallest absolute Gasteiger partial charge is 0.0543 e. The summed E-state index contributed by atoms with van der Waals surface area (Å²) in [4.78, 5) is 2.46. The first-order chi connectivity index (χ1) is 27.5. The standard InChI is InChI=1S/C55H39N/c1-55(2)50-24-7-6-21-48(50)54-51(55)25-12-26-52(54)56(43-30-27-37(28-31-43)36-13-4-3-5-14-36)44-20-9-19-41(34-44)39-17-8-18-40(33-39)42-29-32-45-46-22-10-15-38-16-11-23-47(53(38)46)49(45)35-42/h3-35H,1-2H3. The second kappa shape index (κ2) is 12.5. The third kappa shape index (κ3) is 5.01. The fourth-order valence-corrected chi connectivity index (χ4v) is 9.46. The van der Waals surface area contributed by atoms with Gasteiger partial charge in [0.25, 0.3) is 0 Å². The maximum Gasteiger partial charge on any atom is 0.0543 e. The van der Waals surface area contributed by atoms with Crippen molar-refractivity contribution in [1.29, 1.82) is 0 Å². The lowest BCUT2D eigenvalue weighted by atomic mass is 9.82. The number of benzene rings is 9. The van der Waals surface area contributed by atoms with Crippen LogP contribution < -0.4 is 4.90 Å². The van der Waals surface area contributed by atoms with Crippen LogP contribution in [-0.4, -0.2) is 0 Å². The van der Waals surface area contributed by atoms with E-state index in [1.165, 1.54) is 94.3 Å². The predicted octanol–water partition coefficient (Wildman–Crippen LogP) is 15.3. The lowest BCUT2D eigenvalue weighted by molar-refractivity contribution is 0.660. The summed E-state index contributed by atoms with van der Waals surface area (Å²) >= 11 is 0. The van der Waals surface area contributed by atoms with Crippen molar-refractivity contribution in [3.8, 4) is 66.8 Å². The zero-order valence-corrected chi connectivity index (χ0v) is 31.5. The van der Waals surface area contributed by atoms with Crippen molar-refractivity contribution in [2.45, 2.75) is 19.3 Å². The van der Waals surface area contributed by atoms with Gasteiger partial charge in [0.05, 0.1) is 5.69 Å². The normalized spacial score (nSPS) is 13.0. The highest BCUT2D eigenvalue weighted by Crippen LogP contribution is 2.54. The molecule has 2 aliphatic carbocycles. The average molecular weight is 714 g/mol. The first-order valence-electron chi connectivity index (χ1n) is 19.6. The first-order valence-corrected chi connectivity index (χ1v) is 19.6. The maximum atomic E-state index is 2.46. The number of fused-ring (bicyclic) bond motifs is 6. The van der Waals surface area contributed by atoms with Crippen LogP contribution in [0.15, 0.2) is 200 Å². The van der Waals surface area contributed by atoms with Gasteiger partial charge in [0.2, 0.25) is 0 Å². The van der Waals surface area contributed by atoms with Crippen LogP contribution in [0.3, 0.4) is 0 Å². The van der Waals surface area contributed by atoms with E-state index in [2.05, 4.69) is 219 Å². The third-order valence-electron chi connectivity index (χ3n) is 12.2. The van der Waals surface area contributed by atoms with Crippen molar-refractivity contribution in [1.82, 2.24) is 0 Å². The minimum Gasteiger partial charge on any atom is -0.310 e. The summed E-state index contributed by atoms with van der Waals surface area (Å²) in [5, 5.41) is 2.66. The summed E-state index contributed by atoms with van der Waals surface area (Å²) in [6.07, 6.45) is 0. The van der Waals surface area contributed by atoms with Gasteiger partial charge in [-0.25, -0.2) is 0 Å². The Balaban J connectivity index is 1.03. The second-order valence-electron chi connectivity index (χ2n) is 15.7. The van der Waals surface area contributed by atoms with Crippen LogP contribution in [0, 0.1) is 0 Å². The molecule has 0 amide bonds. The van der Waals surface area contributed by atoms with Crippen LogP contribution in [0.2, 0.25) is 0 Å². The molecular formula is C55H39N. The van der Waals surface area contributed by atoms with E-state index in [0.717, 1.165) is 11.4 Å². The Bertz CT molecular complexity index is 2980. The molecule has 0 aromatic heterocycles. The van der Waals surface area contributed by atoms with E-state index in [1.54, 1.807) is 0 Å². The molecule has 0 bridgehead atoms. The zero-order valence-electron chi connectivity index (χ0n) is 31.5. The van der Waals surface area contributed by atoms with Gasteiger partial charge in [-0.3, -0.25) is 0 Å². The van der Waals surface area contributed by atoms with Gasteiger partial charge in [-0.2, -0.15) is 0 Å². The second-order valence-corrected chi connectivity index (χ2v) is 15.7. The monoisotopic (exact) mass is 713 g/mol. The zero-order chi connectivity index (χ0) is 37.4. The molecule has 56 heavy (non-hydrogen) atoms. The van der Waals surface area contributed by atoms with Crippen LogP contribution in [0.1, 0.15) is 25.0 Å². The number of rotatable bonds is 6. The molecule has 0 atom stereocenters. The van der Waals surface area contributed by atoms with Crippen LogP contribution in [0.25, 0.3) is 77.5 Å². The van der Waals surface area contributed by atoms with Gasteiger partial charge in [-0.1, -0.05) is 172 Å². The van der Waals surface area contributed by atoms with E-state index in [-0.39, 0.29) is 5.41 Å². The minimum atomic E-state index is -0.0973. The highest BCUT2D eigenvalue weighted by molar-refractivity contribution is 6.15. The Labute approximate surface area is 328 Å². The molecular weight excluding hydrogens is 675 g/mol. The van der Waals surface area contributed by atoms with Crippen LogP contribution in [0.5, 0.6) is 0 Å².